The first-order valence-corrected chi connectivity index (χ1v) is 13.2. The lowest BCUT2D eigenvalue weighted by Crippen LogP contribution is -2.60. The maximum absolute atomic E-state index is 13.4. The van der Waals surface area contributed by atoms with Crippen molar-refractivity contribution >= 4 is 29.7 Å². The van der Waals surface area contributed by atoms with Crippen molar-refractivity contribution in [2.24, 2.45) is 22.2 Å². The maximum Gasteiger partial charge on any atom is 0.326 e. The summed E-state index contributed by atoms with van der Waals surface area (Å²) in [5, 5.41) is 27.3. The van der Waals surface area contributed by atoms with Gasteiger partial charge in [-0.05, 0) is 37.3 Å². The van der Waals surface area contributed by atoms with Gasteiger partial charge in [0.25, 0.3) is 0 Å². The fourth-order valence-electron chi connectivity index (χ4n) is 3.98. The molecular formula is C28H39N7O6. The summed E-state index contributed by atoms with van der Waals surface area (Å²) in [5.41, 5.74) is 18.2. The minimum atomic E-state index is -1.50. The van der Waals surface area contributed by atoms with Crippen LogP contribution in [0.5, 0.6) is 0 Å². The Balaban J connectivity index is 2.14. The number of nitrogens with one attached hydrogen (secondary N) is 3. The molecule has 3 amide bonds. The van der Waals surface area contributed by atoms with Gasteiger partial charge in [-0.1, -0.05) is 60.7 Å². The SMILES string of the molecule is CC(O)C(NC(=O)C(Cc1ccccc1)NC(=O)C(N)Cc1ccccc1)C(=O)NC(CCCN=C(N)N)C(=O)O. The van der Waals surface area contributed by atoms with Gasteiger partial charge in [-0.25, -0.2) is 4.79 Å². The van der Waals surface area contributed by atoms with Gasteiger partial charge in [0.1, 0.15) is 18.1 Å². The zero-order valence-corrected chi connectivity index (χ0v) is 22.9. The van der Waals surface area contributed by atoms with Crippen LogP contribution in [-0.2, 0) is 32.0 Å². The molecule has 0 saturated heterocycles. The van der Waals surface area contributed by atoms with E-state index in [4.69, 9.17) is 17.2 Å². The molecule has 0 bridgehead atoms. The van der Waals surface area contributed by atoms with Crippen LogP contribution in [0.15, 0.2) is 65.7 Å². The number of aliphatic imine (C=N–C) groups is 1. The van der Waals surface area contributed by atoms with E-state index in [2.05, 4.69) is 20.9 Å². The van der Waals surface area contributed by atoms with Gasteiger partial charge >= 0.3 is 5.97 Å². The Bertz CT molecular complexity index is 1170. The summed E-state index contributed by atoms with van der Waals surface area (Å²) in [6.45, 7) is 1.44. The number of nitrogens with zero attached hydrogens (tertiary/aromatic N) is 1. The van der Waals surface area contributed by atoms with Crippen LogP contribution in [0.25, 0.3) is 0 Å². The number of nitrogens with two attached hydrogens (primary N) is 3. The van der Waals surface area contributed by atoms with E-state index in [-0.39, 0.29) is 38.2 Å². The van der Waals surface area contributed by atoms with Gasteiger partial charge < -0.3 is 43.4 Å². The van der Waals surface area contributed by atoms with Gasteiger partial charge in [0, 0.05) is 13.0 Å². The summed E-state index contributed by atoms with van der Waals surface area (Å²) in [7, 11) is 0. The summed E-state index contributed by atoms with van der Waals surface area (Å²) in [6, 6.07) is 13.1. The molecule has 0 aliphatic carbocycles. The number of rotatable bonds is 16. The number of aliphatic hydroxyl groups is 1. The zero-order chi connectivity index (χ0) is 30.4. The van der Waals surface area contributed by atoms with Gasteiger partial charge in [0.05, 0.1) is 12.1 Å². The average molecular weight is 570 g/mol. The van der Waals surface area contributed by atoms with Crippen LogP contribution in [0, 0.1) is 0 Å². The summed E-state index contributed by atoms with van der Waals surface area (Å²) in [5.74, 6) is -3.69. The van der Waals surface area contributed by atoms with Gasteiger partial charge in [-0.3, -0.25) is 19.4 Å². The van der Waals surface area contributed by atoms with Crippen molar-refractivity contribution in [1.29, 1.82) is 0 Å². The molecule has 0 aliphatic heterocycles. The molecule has 0 spiro atoms. The molecule has 0 fully saturated rings. The number of amides is 3. The minimum Gasteiger partial charge on any atom is -0.480 e. The normalized spacial score (nSPS) is 14.4. The number of carbonyl (C=O) groups is 4. The van der Waals surface area contributed by atoms with Crippen molar-refractivity contribution in [1.82, 2.24) is 16.0 Å². The van der Waals surface area contributed by atoms with Crippen molar-refractivity contribution in [3.05, 3.63) is 71.8 Å². The number of hydrogen-bond acceptors (Lipinski definition) is 7. The van der Waals surface area contributed by atoms with E-state index in [0.717, 1.165) is 11.1 Å². The molecule has 0 heterocycles. The monoisotopic (exact) mass is 569 g/mol. The van der Waals surface area contributed by atoms with Crippen LogP contribution in [0.1, 0.15) is 30.9 Å². The minimum absolute atomic E-state index is 0.00429. The van der Waals surface area contributed by atoms with E-state index < -0.39 is 54.0 Å². The summed E-state index contributed by atoms with van der Waals surface area (Å²) in [4.78, 5) is 54.8. The number of hydrogen-bond donors (Lipinski definition) is 8. The molecule has 41 heavy (non-hydrogen) atoms. The number of carbonyl (C=O) groups excluding carboxylic acids is 3. The summed E-state index contributed by atoms with van der Waals surface area (Å²) < 4.78 is 0. The van der Waals surface area contributed by atoms with E-state index in [9.17, 15) is 29.4 Å². The fourth-order valence-corrected chi connectivity index (χ4v) is 3.98. The Morgan fingerprint density at radius 1 is 0.805 bits per heavy atom. The fraction of sp³-hybridized carbons (Fsp3) is 0.393. The van der Waals surface area contributed by atoms with Gasteiger partial charge in [0.15, 0.2) is 5.96 Å². The maximum atomic E-state index is 13.4. The summed E-state index contributed by atoms with van der Waals surface area (Å²) in [6.07, 6.45) is -0.805. The van der Waals surface area contributed by atoms with Gasteiger partial charge in [-0.2, -0.15) is 0 Å². The molecule has 0 radical (unpaired) electrons. The predicted octanol–water partition coefficient (Wildman–Crippen LogP) is -1.23. The second kappa shape index (κ2) is 16.6. The van der Waals surface area contributed by atoms with Gasteiger partial charge in [0.2, 0.25) is 17.7 Å². The van der Waals surface area contributed by atoms with Crippen molar-refractivity contribution in [2.75, 3.05) is 6.54 Å². The third-order valence-corrected chi connectivity index (χ3v) is 6.17. The van der Waals surface area contributed by atoms with Gasteiger partial charge in [-0.15, -0.1) is 0 Å². The van der Waals surface area contributed by atoms with E-state index in [0.29, 0.717) is 0 Å². The van der Waals surface area contributed by atoms with E-state index in [1.54, 1.807) is 30.3 Å². The third kappa shape index (κ3) is 11.6. The molecule has 0 aromatic heterocycles. The largest absolute Gasteiger partial charge is 0.480 e. The highest BCUT2D eigenvalue weighted by Crippen LogP contribution is 2.08. The Kier molecular flexibility index (Phi) is 13.2. The predicted molar refractivity (Wildman–Crippen MR) is 153 cm³/mol. The standard InChI is InChI=1S/C28H39N7O6/c1-17(36)23(26(39)33-21(27(40)41)13-8-14-32-28(30)31)35-25(38)22(16-19-11-6-3-7-12-19)34-24(37)20(29)15-18-9-4-2-5-10-18/h2-7,9-12,17,20-23,36H,8,13-16,29H2,1H3,(H,33,39)(H,34,37)(H,35,38)(H,40,41)(H4,30,31,32). The van der Waals surface area contributed by atoms with E-state index in [1.165, 1.54) is 6.92 Å². The lowest BCUT2D eigenvalue weighted by atomic mass is 10.0. The smallest absolute Gasteiger partial charge is 0.326 e. The average Bonchev–Trinajstić information content (AvgIpc) is 2.93. The Labute approximate surface area is 238 Å². The first kappa shape index (κ1) is 32.7. The molecule has 5 unspecified atom stereocenters. The Hall–Kier alpha value is -4.49. The van der Waals surface area contributed by atoms with Crippen LogP contribution in [0.2, 0.25) is 0 Å². The third-order valence-electron chi connectivity index (χ3n) is 6.17. The molecule has 2 aromatic rings. The lowest BCUT2D eigenvalue weighted by Gasteiger charge is -2.26. The van der Waals surface area contributed by atoms with Crippen LogP contribution in [-0.4, -0.2) is 76.7 Å². The number of aliphatic hydroxyl groups excluding tert-OH is 1. The van der Waals surface area contributed by atoms with Crippen molar-refractivity contribution in [3.63, 3.8) is 0 Å². The van der Waals surface area contributed by atoms with Crippen molar-refractivity contribution in [3.8, 4) is 0 Å². The number of aliphatic carboxylic acids is 1. The van der Waals surface area contributed by atoms with Crippen LogP contribution in [0.3, 0.4) is 0 Å². The molecule has 5 atom stereocenters. The number of benzene rings is 2. The second-order valence-electron chi connectivity index (χ2n) is 9.62. The molecule has 13 nitrogen and oxygen atoms in total. The molecule has 11 N–H and O–H groups in total. The first-order valence-electron chi connectivity index (χ1n) is 13.2. The molecule has 2 aromatic carbocycles. The van der Waals surface area contributed by atoms with E-state index in [1.807, 2.05) is 30.3 Å². The second-order valence-corrected chi connectivity index (χ2v) is 9.62. The Morgan fingerprint density at radius 3 is 1.85 bits per heavy atom. The lowest BCUT2D eigenvalue weighted by molar-refractivity contribution is -0.143. The van der Waals surface area contributed by atoms with Crippen molar-refractivity contribution < 1.29 is 29.4 Å². The highest BCUT2D eigenvalue weighted by molar-refractivity contribution is 5.94. The molecule has 222 valence electrons. The van der Waals surface area contributed by atoms with E-state index >= 15 is 0 Å². The topological polar surface area (TPSA) is 235 Å². The highest BCUT2D eigenvalue weighted by atomic mass is 16.4. The van der Waals surface area contributed by atoms with Crippen LogP contribution < -0.4 is 33.2 Å². The van der Waals surface area contributed by atoms with Crippen molar-refractivity contribution in [2.45, 2.75) is 62.9 Å². The summed E-state index contributed by atoms with van der Waals surface area (Å²) >= 11 is 0. The highest BCUT2D eigenvalue weighted by Gasteiger charge is 2.32. The number of carboxylic acid groups (broad SMARTS) is 1. The first-order chi connectivity index (χ1) is 19.5. The molecule has 0 saturated carbocycles. The Morgan fingerprint density at radius 2 is 1.34 bits per heavy atom. The molecule has 13 heteroatoms. The number of carboxylic acids is 1. The molecule has 2 rings (SSSR count). The zero-order valence-electron chi connectivity index (χ0n) is 22.9. The quantitative estimate of drug-likeness (QED) is 0.0685. The van der Waals surface area contributed by atoms with Crippen LogP contribution >= 0.6 is 0 Å². The number of guanidine groups is 1. The van der Waals surface area contributed by atoms with Crippen LogP contribution in [0.4, 0.5) is 0 Å². The molecule has 0 aliphatic rings. The molecular weight excluding hydrogens is 530 g/mol.